The fourth-order valence-electron chi connectivity index (χ4n) is 1.79. The van der Waals surface area contributed by atoms with Gasteiger partial charge in [-0.05, 0) is 37.5 Å². The van der Waals surface area contributed by atoms with Crippen LogP contribution in [0.15, 0.2) is 18.3 Å². The zero-order chi connectivity index (χ0) is 10.2. The molecule has 14 heavy (non-hydrogen) atoms. The summed E-state index contributed by atoms with van der Waals surface area (Å²) in [4.78, 5) is 14.9. The molecule has 3 nitrogen and oxygen atoms in total. The molecule has 0 aliphatic heterocycles. The van der Waals surface area contributed by atoms with E-state index in [-0.39, 0.29) is 11.8 Å². The number of carboxylic acids is 1. The monoisotopic (exact) mass is 191 g/mol. The summed E-state index contributed by atoms with van der Waals surface area (Å²) >= 11 is 0. The molecule has 1 fully saturated rings. The van der Waals surface area contributed by atoms with Gasteiger partial charge < -0.3 is 5.11 Å². The second-order valence-electron chi connectivity index (χ2n) is 4.07. The summed E-state index contributed by atoms with van der Waals surface area (Å²) in [7, 11) is 0. The largest absolute Gasteiger partial charge is 0.481 e. The zero-order valence-electron chi connectivity index (χ0n) is 8.16. The lowest BCUT2D eigenvalue weighted by Gasteiger charge is -2.11. The summed E-state index contributed by atoms with van der Waals surface area (Å²) in [6, 6.07) is 3.93. The van der Waals surface area contributed by atoms with E-state index in [1.165, 1.54) is 0 Å². The van der Waals surface area contributed by atoms with E-state index in [2.05, 4.69) is 4.98 Å². The van der Waals surface area contributed by atoms with E-state index >= 15 is 0 Å². The third-order valence-electron chi connectivity index (χ3n) is 2.80. The fourth-order valence-corrected chi connectivity index (χ4v) is 1.79. The first-order valence-electron chi connectivity index (χ1n) is 4.77. The summed E-state index contributed by atoms with van der Waals surface area (Å²) in [6.45, 7) is 2.00. The van der Waals surface area contributed by atoms with E-state index in [1.807, 2.05) is 19.1 Å². The summed E-state index contributed by atoms with van der Waals surface area (Å²) in [5.74, 6) is -0.731. The van der Waals surface area contributed by atoms with Crippen molar-refractivity contribution in [1.29, 1.82) is 0 Å². The first kappa shape index (κ1) is 9.19. The molecule has 1 aliphatic rings. The molecule has 0 saturated heterocycles. The van der Waals surface area contributed by atoms with Gasteiger partial charge in [0.1, 0.15) is 0 Å². The van der Waals surface area contributed by atoms with Crippen LogP contribution in [0.2, 0.25) is 0 Å². The molecule has 0 radical (unpaired) electrons. The van der Waals surface area contributed by atoms with Crippen LogP contribution in [0.4, 0.5) is 0 Å². The second-order valence-corrected chi connectivity index (χ2v) is 4.07. The van der Waals surface area contributed by atoms with Gasteiger partial charge in [-0.15, -0.1) is 0 Å². The number of hydrogen-bond acceptors (Lipinski definition) is 2. The predicted molar refractivity (Wildman–Crippen MR) is 52.1 cm³/mol. The van der Waals surface area contributed by atoms with Crippen LogP contribution in [-0.2, 0) is 10.2 Å². The summed E-state index contributed by atoms with van der Waals surface area (Å²) < 4.78 is 0. The standard InChI is InChI=1S/C11H13NO2/c1-8-2-5-12-9(6-8)11(3-4-11)7-10(13)14/h2,5-6H,3-4,7H2,1H3,(H,13,14). The highest BCUT2D eigenvalue weighted by Gasteiger charge is 2.47. The Bertz CT molecular complexity index is 369. The van der Waals surface area contributed by atoms with Gasteiger partial charge in [0.05, 0.1) is 6.42 Å². The van der Waals surface area contributed by atoms with Crippen molar-refractivity contribution < 1.29 is 9.90 Å². The van der Waals surface area contributed by atoms with Crippen LogP contribution < -0.4 is 0 Å². The number of pyridine rings is 1. The second kappa shape index (κ2) is 3.08. The summed E-state index contributed by atoms with van der Waals surface area (Å²) in [5.41, 5.74) is 1.93. The van der Waals surface area contributed by atoms with Crippen LogP contribution >= 0.6 is 0 Å². The maximum Gasteiger partial charge on any atom is 0.304 e. The average molecular weight is 191 g/mol. The molecule has 1 aliphatic carbocycles. The Kier molecular flexibility index (Phi) is 2.02. The minimum Gasteiger partial charge on any atom is -0.481 e. The molecular formula is C11H13NO2. The number of carbonyl (C=O) groups is 1. The third kappa shape index (κ3) is 1.62. The smallest absolute Gasteiger partial charge is 0.304 e. The van der Waals surface area contributed by atoms with Gasteiger partial charge >= 0.3 is 5.97 Å². The molecule has 0 atom stereocenters. The van der Waals surface area contributed by atoms with Gasteiger partial charge in [-0.2, -0.15) is 0 Å². The number of hydrogen-bond donors (Lipinski definition) is 1. The van der Waals surface area contributed by atoms with Gasteiger partial charge in [-0.1, -0.05) is 0 Å². The Morgan fingerprint density at radius 3 is 2.86 bits per heavy atom. The molecule has 1 aromatic rings. The lowest BCUT2D eigenvalue weighted by Crippen LogP contribution is -2.14. The quantitative estimate of drug-likeness (QED) is 0.793. The number of rotatable bonds is 3. The number of nitrogens with zero attached hydrogens (tertiary/aromatic N) is 1. The maximum atomic E-state index is 10.7. The van der Waals surface area contributed by atoms with Crippen molar-refractivity contribution in [2.45, 2.75) is 31.6 Å². The normalized spacial score (nSPS) is 17.8. The van der Waals surface area contributed by atoms with Crippen molar-refractivity contribution in [3.63, 3.8) is 0 Å². The summed E-state index contributed by atoms with van der Waals surface area (Å²) in [5, 5.41) is 8.79. The van der Waals surface area contributed by atoms with Crippen molar-refractivity contribution in [3.8, 4) is 0 Å². The highest BCUT2D eigenvalue weighted by molar-refractivity contribution is 5.69. The molecule has 1 aromatic heterocycles. The minimum atomic E-state index is -0.731. The Balaban J connectivity index is 2.26. The molecule has 1 N–H and O–H groups in total. The third-order valence-corrected chi connectivity index (χ3v) is 2.80. The molecule has 1 saturated carbocycles. The van der Waals surface area contributed by atoms with Crippen LogP contribution in [0.5, 0.6) is 0 Å². The Hall–Kier alpha value is -1.38. The van der Waals surface area contributed by atoms with E-state index in [0.29, 0.717) is 0 Å². The van der Waals surface area contributed by atoms with E-state index in [9.17, 15) is 4.79 Å². The van der Waals surface area contributed by atoms with E-state index in [1.54, 1.807) is 6.20 Å². The topological polar surface area (TPSA) is 50.2 Å². The number of aryl methyl sites for hydroxylation is 1. The maximum absolute atomic E-state index is 10.7. The highest BCUT2D eigenvalue weighted by atomic mass is 16.4. The van der Waals surface area contributed by atoms with Gasteiger partial charge in [0.2, 0.25) is 0 Å². The van der Waals surface area contributed by atoms with Gasteiger partial charge in [0.25, 0.3) is 0 Å². The lowest BCUT2D eigenvalue weighted by molar-refractivity contribution is -0.137. The Morgan fingerprint density at radius 2 is 2.36 bits per heavy atom. The zero-order valence-corrected chi connectivity index (χ0v) is 8.16. The minimum absolute atomic E-state index is 0.155. The highest BCUT2D eigenvalue weighted by Crippen LogP contribution is 2.50. The van der Waals surface area contributed by atoms with Gasteiger partial charge in [-0.3, -0.25) is 9.78 Å². The molecule has 0 unspecified atom stereocenters. The Labute approximate surface area is 82.8 Å². The molecule has 0 bridgehead atoms. The fraction of sp³-hybridized carbons (Fsp3) is 0.455. The average Bonchev–Trinajstić information content (AvgIpc) is 2.84. The van der Waals surface area contributed by atoms with Crippen molar-refractivity contribution in [1.82, 2.24) is 4.98 Å². The first-order chi connectivity index (χ1) is 6.62. The SMILES string of the molecule is Cc1ccnc(C2(CC(=O)O)CC2)c1. The lowest BCUT2D eigenvalue weighted by atomic mass is 9.96. The van der Waals surface area contributed by atoms with E-state index in [4.69, 9.17) is 5.11 Å². The van der Waals surface area contributed by atoms with Gasteiger partial charge in [-0.25, -0.2) is 0 Å². The van der Waals surface area contributed by atoms with Crippen LogP contribution in [0.1, 0.15) is 30.5 Å². The van der Waals surface area contributed by atoms with Crippen molar-refractivity contribution in [3.05, 3.63) is 29.6 Å². The number of carboxylic acid groups (broad SMARTS) is 1. The van der Waals surface area contributed by atoms with Crippen molar-refractivity contribution in [2.75, 3.05) is 0 Å². The van der Waals surface area contributed by atoms with Crippen LogP contribution in [0.3, 0.4) is 0 Å². The van der Waals surface area contributed by atoms with Gasteiger partial charge in [0, 0.05) is 17.3 Å². The summed E-state index contributed by atoms with van der Waals surface area (Å²) in [6.07, 6.45) is 3.88. The van der Waals surface area contributed by atoms with Crippen molar-refractivity contribution >= 4 is 5.97 Å². The van der Waals surface area contributed by atoms with Gasteiger partial charge in [0.15, 0.2) is 0 Å². The van der Waals surface area contributed by atoms with Crippen LogP contribution in [-0.4, -0.2) is 16.1 Å². The number of aromatic nitrogens is 1. The van der Waals surface area contributed by atoms with Crippen molar-refractivity contribution in [2.24, 2.45) is 0 Å². The molecule has 74 valence electrons. The molecular weight excluding hydrogens is 178 g/mol. The molecule has 1 heterocycles. The van der Waals surface area contributed by atoms with Crippen LogP contribution in [0.25, 0.3) is 0 Å². The Morgan fingerprint density at radius 1 is 1.64 bits per heavy atom. The molecule has 2 rings (SSSR count). The molecule has 0 spiro atoms. The molecule has 0 aromatic carbocycles. The first-order valence-corrected chi connectivity index (χ1v) is 4.77. The van der Waals surface area contributed by atoms with Crippen LogP contribution in [0, 0.1) is 6.92 Å². The van der Waals surface area contributed by atoms with E-state index in [0.717, 1.165) is 24.1 Å². The number of aliphatic carboxylic acids is 1. The molecule has 3 heteroatoms. The molecule has 0 amide bonds. The van der Waals surface area contributed by atoms with E-state index < -0.39 is 5.97 Å². The predicted octanol–water partition coefficient (Wildman–Crippen LogP) is 1.90.